The lowest BCUT2D eigenvalue weighted by atomic mass is 10.0. The van der Waals surface area contributed by atoms with Crippen molar-refractivity contribution in [3.8, 4) is 11.3 Å². The lowest BCUT2D eigenvalue weighted by Crippen LogP contribution is -2.39. The lowest BCUT2D eigenvalue weighted by molar-refractivity contribution is -0.130. The fourth-order valence-electron chi connectivity index (χ4n) is 4.48. The van der Waals surface area contributed by atoms with Crippen molar-refractivity contribution >= 4 is 27.8 Å². The van der Waals surface area contributed by atoms with E-state index in [2.05, 4.69) is 15.0 Å². The fraction of sp³-hybridized carbons (Fsp3) is 0.348. The number of imidazole rings is 1. The molecule has 5 rings (SSSR count). The van der Waals surface area contributed by atoms with Crippen LogP contribution in [0.2, 0.25) is 0 Å². The molecule has 0 saturated carbocycles. The van der Waals surface area contributed by atoms with Crippen molar-refractivity contribution in [3.63, 3.8) is 0 Å². The highest BCUT2D eigenvalue weighted by atomic mass is 16.2. The summed E-state index contributed by atoms with van der Waals surface area (Å²) in [4.78, 5) is 40.3. The van der Waals surface area contributed by atoms with Crippen molar-refractivity contribution in [2.45, 2.75) is 32.7 Å². The predicted molar refractivity (Wildman–Crippen MR) is 119 cm³/mol. The number of carbonyl (C=O) groups excluding carboxylic acids is 1. The molecule has 0 atom stereocenters. The van der Waals surface area contributed by atoms with Gasteiger partial charge in [0.15, 0.2) is 0 Å². The Labute approximate surface area is 179 Å². The molecule has 0 spiro atoms. The SMILES string of the molecule is CC(=O)N1CCC(n2c(=O)n(C)c3cnc4cnc(-c5ccc(C)nc5)cc4c32)CC1. The summed E-state index contributed by atoms with van der Waals surface area (Å²) >= 11 is 0. The van der Waals surface area contributed by atoms with Gasteiger partial charge in [-0.15, -0.1) is 0 Å². The molecule has 1 fully saturated rings. The van der Waals surface area contributed by atoms with E-state index in [1.54, 1.807) is 30.9 Å². The highest BCUT2D eigenvalue weighted by Gasteiger charge is 2.26. The molecular weight excluding hydrogens is 392 g/mol. The van der Waals surface area contributed by atoms with Gasteiger partial charge in [-0.1, -0.05) is 0 Å². The lowest BCUT2D eigenvalue weighted by Gasteiger charge is -2.32. The summed E-state index contributed by atoms with van der Waals surface area (Å²) in [6.45, 7) is 4.87. The number of carbonyl (C=O) groups is 1. The number of nitrogens with zero attached hydrogens (tertiary/aromatic N) is 6. The highest BCUT2D eigenvalue weighted by Crippen LogP contribution is 2.31. The summed E-state index contributed by atoms with van der Waals surface area (Å²) in [6.07, 6.45) is 6.82. The zero-order chi connectivity index (χ0) is 21.7. The number of piperidine rings is 1. The molecule has 0 radical (unpaired) electrons. The van der Waals surface area contributed by atoms with E-state index >= 15 is 0 Å². The summed E-state index contributed by atoms with van der Waals surface area (Å²) in [6, 6.07) is 5.99. The van der Waals surface area contributed by atoms with Crippen LogP contribution in [0.3, 0.4) is 0 Å². The zero-order valence-electron chi connectivity index (χ0n) is 17.9. The largest absolute Gasteiger partial charge is 0.343 e. The van der Waals surface area contributed by atoms with Gasteiger partial charge in [0.25, 0.3) is 0 Å². The van der Waals surface area contributed by atoms with Crippen LogP contribution in [0.15, 0.2) is 41.6 Å². The Morgan fingerprint density at radius 1 is 1.06 bits per heavy atom. The third-order valence-corrected chi connectivity index (χ3v) is 6.28. The molecule has 0 aromatic carbocycles. The first-order valence-electron chi connectivity index (χ1n) is 10.5. The van der Waals surface area contributed by atoms with Crippen molar-refractivity contribution in [2.75, 3.05) is 13.1 Å². The Morgan fingerprint density at radius 3 is 2.52 bits per heavy atom. The van der Waals surface area contributed by atoms with E-state index in [-0.39, 0.29) is 17.6 Å². The molecular formula is C23H24N6O2. The Kier molecular flexibility index (Phi) is 4.57. The van der Waals surface area contributed by atoms with Crippen molar-refractivity contribution in [3.05, 3.63) is 53.0 Å². The van der Waals surface area contributed by atoms with Crippen LogP contribution in [-0.4, -0.2) is 48.0 Å². The normalized spacial score (nSPS) is 15.1. The van der Waals surface area contributed by atoms with E-state index in [0.717, 1.165) is 51.7 Å². The Morgan fingerprint density at radius 2 is 1.84 bits per heavy atom. The second-order valence-corrected chi connectivity index (χ2v) is 8.22. The van der Waals surface area contributed by atoms with Gasteiger partial charge in [-0.3, -0.25) is 28.9 Å². The molecule has 1 aliphatic rings. The first kappa shape index (κ1) is 19.4. The minimum Gasteiger partial charge on any atom is -0.343 e. The quantitative estimate of drug-likeness (QED) is 0.502. The van der Waals surface area contributed by atoms with Gasteiger partial charge in [-0.05, 0) is 38.0 Å². The van der Waals surface area contributed by atoms with Crippen LogP contribution in [0.1, 0.15) is 31.5 Å². The molecule has 5 heterocycles. The van der Waals surface area contributed by atoms with E-state index in [4.69, 9.17) is 0 Å². The molecule has 1 amide bonds. The molecule has 0 bridgehead atoms. The maximum absolute atomic E-state index is 13.2. The molecule has 0 aliphatic carbocycles. The molecule has 4 aromatic rings. The van der Waals surface area contributed by atoms with Crippen LogP contribution in [-0.2, 0) is 11.8 Å². The molecule has 0 unspecified atom stereocenters. The molecule has 158 valence electrons. The number of pyridine rings is 3. The average Bonchev–Trinajstić information content (AvgIpc) is 3.04. The average molecular weight is 416 g/mol. The maximum atomic E-state index is 13.2. The van der Waals surface area contributed by atoms with E-state index in [1.807, 2.05) is 40.8 Å². The highest BCUT2D eigenvalue weighted by molar-refractivity contribution is 6.03. The second kappa shape index (κ2) is 7.30. The smallest absolute Gasteiger partial charge is 0.329 e. The van der Waals surface area contributed by atoms with Crippen LogP contribution in [0.25, 0.3) is 33.2 Å². The monoisotopic (exact) mass is 416 g/mol. The van der Waals surface area contributed by atoms with Crippen molar-refractivity contribution in [1.82, 2.24) is 29.0 Å². The van der Waals surface area contributed by atoms with Gasteiger partial charge in [0.2, 0.25) is 5.91 Å². The number of rotatable bonds is 2. The zero-order valence-corrected chi connectivity index (χ0v) is 17.9. The van der Waals surface area contributed by atoms with E-state index in [1.165, 1.54) is 0 Å². The topological polar surface area (TPSA) is 85.9 Å². The summed E-state index contributed by atoms with van der Waals surface area (Å²) in [7, 11) is 1.78. The fourth-order valence-corrected chi connectivity index (χ4v) is 4.48. The molecule has 1 saturated heterocycles. The van der Waals surface area contributed by atoms with E-state index in [9.17, 15) is 9.59 Å². The molecule has 8 heteroatoms. The number of amides is 1. The summed E-state index contributed by atoms with van der Waals surface area (Å²) in [5.74, 6) is 0.0841. The van der Waals surface area contributed by atoms with Crippen LogP contribution < -0.4 is 5.69 Å². The summed E-state index contributed by atoms with van der Waals surface area (Å²) in [5.41, 5.74) is 5.03. The van der Waals surface area contributed by atoms with Crippen LogP contribution in [0.5, 0.6) is 0 Å². The third kappa shape index (κ3) is 3.19. The van der Waals surface area contributed by atoms with Crippen LogP contribution in [0.4, 0.5) is 0 Å². The van der Waals surface area contributed by atoms with Gasteiger partial charge in [-0.2, -0.15) is 0 Å². The van der Waals surface area contributed by atoms with E-state index in [0.29, 0.717) is 13.1 Å². The van der Waals surface area contributed by atoms with Gasteiger partial charge in [-0.25, -0.2) is 4.79 Å². The van der Waals surface area contributed by atoms with Crippen molar-refractivity contribution < 1.29 is 4.79 Å². The number of hydrogen-bond donors (Lipinski definition) is 0. The maximum Gasteiger partial charge on any atom is 0.329 e. The number of aryl methyl sites for hydroxylation is 2. The minimum absolute atomic E-state index is 0.0371. The van der Waals surface area contributed by atoms with Gasteiger partial charge in [0.05, 0.1) is 34.6 Å². The summed E-state index contributed by atoms with van der Waals surface area (Å²) in [5, 5.41) is 0.898. The Hall–Kier alpha value is -3.55. The number of fused-ring (bicyclic) bond motifs is 3. The first-order chi connectivity index (χ1) is 14.9. The standard InChI is InChI=1S/C23H24N6O2/c1-14-4-5-16(11-24-14)19-10-18-20(12-25-19)26-13-21-22(18)29(23(31)27(21)3)17-6-8-28(9-7-17)15(2)30/h4-5,10-13,17H,6-9H2,1-3H3. The van der Waals surface area contributed by atoms with Crippen molar-refractivity contribution in [2.24, 2.45) is 7.05 Å². The predicted octanol–water partition coefficient (Wildman–Crippen LogP) is 2.84. The number of hydrogen-bond acceptors (Lipinski definition) is 5. The second-order valence-electron chi connectivity index (χ2n) is 8.22. The van der Waals surface area contributed by atoms with Crippen LogP contribution >= 0.6 is 0 Å². The van der Waals surface area contributed by atoms with Gasteiger partial charge in [0, 0.05) is 55.9 Å². The van der Waals surface area contributed by atoms with Crippen LogP contribution in [0, 0.1) is 6.92 Å². The number of aromatic nitrogens is 5. The summed E-state index contributed by atoms with van der Waals surface area (Å²) < 4.78 is 3.56. The number of likely N-dealkylation sites (tertiary alicyclic amines) is 1. The molecule has 31 heavy (non-hydrogen) atoms. The van der Waals surface area contributed by atoms with Gasteiger partial charge >= 0.3 is 5.69 Å². The Bertz CT molecular complexity index is 1360. The van der Waals surface area contributed by atoms with Crippen molar-refractivity contribution in [1.29, 1.82) is 0 Å². The third-order valence-electron chi connectivity index (χ3n) is 6.28. The minimum atomic E-state index is -0.0547. The Balaban J connectivity index is 1.69. The molecule has 1 aliphatic heterocycles. The van der Waals surface area contributed by atoms with Gasteiger partial charge < -0.3 is 4.90 Å². The molecule has 0 N–H and O–H groups in total. The van der Waals surface area contributed by atoms with Gasteiger partial charge in [0.1, 0.15) is 0 Å². The first-order valence-corrected chi connectivity index (χ1v) is 10.5. The molecule has 8 nitrogen and oxygen atoms in total. The molecule has 4 aromatic heterocycles. The van der Waals surface area contributed by atoms with E-state index < -0.39 is 0 Å².